The van der Waals surface area contributed by atoms with Gasteiger partial charge in [0.1, 0.15) is 17.3 Å². The lowest BCUT2D eigenvalue weighted by molar-refractivity contribution is -0.142. The van der Waals surface area contributed by atoms with Gasteiger partial charge < -0.3 is 14.9 Å². The van der Waals surface area contributed by atoms with Gasteiger partial charge >= 0.3 is 5.97 Å². The molecule has 230 valence electrons. The van der Waals surface area contributed by atoms with Crippen molar-refractivity contribution in [3.05, 3.63) is 64.5 Å². The molecule has 4 amide bonds. The first kappa shape index (κ1) is 29.8. The number of aromatic hydroxyl groups is 1. The van der Waals surface area contributed by atoms with Crippen LogP contribution in [0.25, 0.3) is 0 Å². The molecule has 10 nitrogen and oxygen atoms in total. The minimum atomic E-state index is -1.45. The summed E-state index contributed by atoms with van der Waals surface area (Å²) in [6, 6.07) is 8.26. The van der Waals surface area contributed by atoms with E-state index in [4.69, 9.17) is 21.4 Å². The highest BCUT2D eigenvalue weighted by atomic mass is 35.5. The Morgan fingerprint density at radius 1 is 1.11 bits per heavy atom. The molecule has 12 heteroatoms. The van der Waals surface area contributed by atoms with E-state index in [0.717, 1.165) is 15.9 Å². The number of rotatable bonds is 7. The number of nitrogens with zero attached hydrogens (tertiary/aromatic N) is 2. The maximum atomic E-state index is 14.4. The van der Waals surface area contributed by atoms with Gasteiger partial charge in [0.15, 0.2) is 0 Å². The molecule has 2 heterocycles. The molecule has 2 aliphatic heterocycles. The van der Waals surface area contributed by atoms with Gasteiger partial charge in [0.2, 0.25) is 23.6 Å². The zero-order chi connectivity index (χ0) is 31.7. The molecular weight excluding hydrogens is 595 g/mol. The van der Waals surface area contributed by atoms with Crippen molar-refractivity contribution < 1.29 is 43.3 Å². The molecule has 6 rings (SSSR count). The summed E-state index contributed by atoms with van der Waals surface area (Å²) >= 11 is 6.03. The summed E-state index contributed by atoms with van der Waals surface area (Å²) < 4.78 is 19.7. The van der Waals surface area contributed by atoms with E-state index in [2.05, 4.69) is 0 Å². The van der Waals surface area contributed by atoms with E-state index in [-0.39, 0.29) is 65.9 Å². The van der Waals surface area contributed by atoms with E-state index in [0.29, 0.717) is 5.57 Å². The van der Waals surface area contributed by atoms with Crippen LogP contribution in [-0.2, 0) is 24.0 Å². The zero-order valence-electron chi connectivity index (χ0n) is 24.0. The van der Waals surface area contributed by atoms with E-state index < -0.39 is 64.5 Å². The molecule has 44 heavy (non-hydrogen) atoms. The smallest absolute Gasteiger partial charge is 0.303 e. The molecule has 1 saturated carbocycles. The van der Waals surface area contributed by atoms with Crippen LogP contribution in [0.15, 0.2) is 48.0 Å². The molecule has 4 aliphatic rings. The van der Waals surface area contributed by atoms with Crippen LogP contribution in [0.4, 0.5) is 10.1 Å². The number of allylic oxidation sites excluding steroid dienone is 2. The highest BCUT2D eigenvalue weighted by Gasteiger charge is 2.68. The molecule has 0 radical (unpaired) electrons. The number of amides is 4. The first-order valence-electron chi connectivity index (χ1n) is 14.4. The second-order valence-electron chi connectivity index (χ2n) is 12.0. The minimum Gasteiger partial charge on any atom is -0.508 e. The van der Waals surface area contributed by atoms with Crippen molar-refractivity contribution >= 4 is 46.9 Å². The molecule has 2 N–H and O–H groups in total. The minimum absolute atomic E-state index is 0.0343. The van der Waals surface area contributed by atoms with Crippen molar-refractivity contribution in [3.8, 4) is 11.5 Å². The summed E-state index contributed by atoms with van der Waals surface area (Å²) in [4.78, 5) is 69.0. The molecule has 2 aliphatic carbocycles. The van der Waals surface area contributed by atoms with Gasteiger partial charge in [0.25, 0.3) is 0 Å². The molecular formula is C32H30ClFN2O8. The topological polar surface area (TPSA) is 142 Å². The van der Waals surface area contributed by atoms with Gasteiger partial charge in [-0.2, -0.15) is 0 Å². The standard InChI is InChI=1S/C32H30ClFN2O8/c1-32-19(29(41)36(31(32)43)15-8-11-21(34)20(33)13-15)14-18-16(27(32)26-22(37)5-3-6-23(26)44-2)9-10-17-25(18)30(42)35(28(17)40)12-4-7-24(38)39/h3,5-6,8-9,11,13,17-19,25,27,37H,4,7,10,12,14H2,1-2H3,(H,38,39)/t17-,18+,19-,25-,27+,32+/m0/s1. The Balaban J connectivity index is 1.49. The van der Waals surface area contributed by atoms with Gasteiger partial charge in [-0.15, -0.1) is 0 Å². The van der Waals surface area contributed by atoms with E-state index >= 15 is 0 Å². The molecule has 2 aromatic rings. The number of carbonyl (C=O) groups excluding carboxylic acids is 4. The Hall–Kier alpha value is -4.25. The maximum Gasteiger partial charge on any atom is 0.303 e. The average molecular weight is 625 g/mol. The second-order valence-corrected chi connectivity index (χ2v) is 12.4. The Labute approximate surface area is 257 Å². The first-order valence-corrected chi connectivity index (χ1v) is 14.8. The number of aliphatic carboxylic acids is 1. The van der Waals surface area contributed by atoms with Crippen LogP contribution in [0.1, 0.15) is 44.1 Å². The summed E-state index contributed by atoms with van der Waals surface area (Å²) in [5, 5.41) is 20.0. The van der Waals surface area contributed by atoms with Gasteiger partial charge in [-0.3, -0.25) is 28.9 Å². The molecule has 0 spiro atoms. The number of anilines is 1. The van der Waals surface area contributed by atoms with Crippen LogP contribution < -0.4 is 9.64 Å². The summed E-state index contributed by atoms with van der Waals surface area (Å²) in [5.74, 6) is -7.62. The lowest BCUT2D eigenvalue weighted by atomic mass is 9.51. The highest BCUT2D eigenvalue weighted by Crippen LogP contribution is 2.65. The number of benzene rings is 2. The summed E-state index contributed by atoms with van der Waals surface area (Å²) in [5.41, 5.74) is -0.423. The lowest BCUT2D eigenvalue weighted by Gasteiger charge is -2.49. The Kier molecular flexibility index (Phi) is 7.27. The van der Waals surface area contributed by atoms with Crippen LogP contribution in [0.5, 0.6) is 11.5 Å². The molecule has 0 aromatic heterocycles. The summed E-state index contributed by atoms with van der Waals surface area (Å²) in [6.07, 6.45) is 2.02. The number of imide groups is 2. The van der Waals surface area contributed by atoms with Gasteiger partial charge in [-0.1, -0.05) is 29.3 Å². The SMILES string of the molecule is COc1cccc(O)c1[C@H]1C2=CC[C@@H]3C(=O)N(CCCC(=O)O)C(=O)[C@@H]3[C@@H]2C[C@H]2C(=O)N(c3ccc(F)c(Cl)c3)C(=O)[C@@]12C. The largest absolute Gasteiger partial charge is 0.508 e. The molecule has 0 unspecified atom stereocenters. The van der Waals surface area contributed by atoms with Crippen molar-refractivity contribution in [1.82, 2.24) is 4.90 Å². The number of phenolic OH excluding ortho intramolecular Hbond substituents is 1. The number of hydrogen-bond donors (Lipinski definition) is 2. The molecule has 2 aromatic carbocycles. The average Bonchev–Trinajstić information content (AvgIpc) is 3.34. The maximum absolute atomic E-state index is 14.4. The fourth-order valence-corrected chi connectivity index (χ4v) is 8.04. The fourth-order valence-electron chi connectivity index (χ4n) is 7.87. The van der Waals surface area contributed by atoms with Crippen LogP contribution in [0, 0.1) is 34.9 Å². The lowest BCUT2D eigenvalue weighted by Crippen LogP contribution is -2.49. The third-order valence-electron chi connectivity index (χ3n) is 9.85. The van der Waals surface area contributed by atoms with Gasteiger partial charge in [0, 0.05) is 24.4 Å². The number of carboxylic acid groups (broad SMARTS) is 1. The summed E-state index contributed by atoms with van der Waals surface area (Å²) in [6.45, 7) is 1.62. The Bertz CT molecular complexity index is 1660. The zero-order valence-corrected chi connectivity index (χ0v) is 24.7. The Morgan fingerprint density at radius 3 is 2.55 bits per heavy atom. The van der Waals surface area contributed by atoms with Crippen LogP contribution in [-0.4, -0.2) is 58.4 Å². The second kappa shape index (κ2) is 10.7. The van der Waals surface area contributed by atoms with Crippen molar-refractivity contribution in [2.24, 2.45) is 29.1 Å². The molecule has 2 saturated heterocycles. The number of phenols is 1. The predicted octanol–water partition coefficient (Wildman–Crippen LogP) is 4.29. The van der Waals surface area contributed by atoms with Gasteiger partial charge in [-0.05, 0) is 62.4 Å². The molecule has 3 fully saturated rings. The quantitative estimate of drug-likeness (QED) is 0.343. The number of halogens is 2. The number of likely N-dealkylation sites (tertiary alicyclic amines) is 1. The van der Waals surface area contributed by atoms with E-state index in [9.17, 15) is 33.5 Å². The first-order chi connectivity index (χ1) is 20.9. The van der Waals surface area contributed by atoms with Crippen LogP contribution in [0.3, 0.4) is 0 Å². The number of carboxylic acids is 1. The summed E-state index contributed by atoms with van der Waals surface area (Å²) in [7, 11) is 1.42. The number of methoxy groups -OCH3 is 1. The predicted molar refractivity (Wildman–Crippen MR) is 154 cm³/mol. The van der Waals surface area contributed by atoms with E-state index in [1.54, 1.807) is 19.1 Å². The third kappa shape index (κ3) is 4.23. The molecule has 6 atom stereocenters. The third-order valence-corrected chi connectivity index (χ3v) is 10.1. The number of carbonyl (C=O) groups is 5. The van der Waals surface area contributed by atoms with E-state index in [1.165, 1.54) is 25.3 Å². The number of hydrogen-bond acceptors (Lipinski definition) is 7. The van der Waals surface area contributed by atoms with Crippen molar-refractivity contribution in [3.63, 3.8) is 0 Å². The fraction of sp³-hybridized carbons (Fsp3) is 0.406. The molecule has 0 bridgehead atoms. The number of ether oxygens (including phenoxy) is 1. The van der Waals surface area contributed by atoms with E-state index in [1.807, 2.05) is 6.08 Å². The highest BCUT2D eigenvalue weighted by molar-refractivity contribution is 6.31. The Morgan fingerprint density at radius 2 is 1.86 bits per heavy atom. The monoisotopic (exact) mass is 624 g/mol. The normalized spacial score (nSPS) is 29.4. The van der Waals surface area contributed by atoms with Crippen molar-refractivity contribution in [2.75, 3.05) is 18.6 Å². The van der Waals surface area contributed by atoms with Gasteiger partial charge in [-0.25, -0.2) is 9.29 Å². The number of fused-ring (bicyclic) bond motifs is 4. The van der Waals surface area contributed by atoms with Crippen molar-refractivity contribution in [1.29, 1.82) is 0 Å². The van der Waals surface area contributed by atoms with Gasteiger partial charge in [0.05, 0.1) is 41.0 Å². The van der Waals surface area contributed by atoms with Crippen LogP contribution in [0.2, 0.25) is 5.02 Å². The van der Waals surface area contributed by atoms with Crippen LogP contribution >= 0.6 is 11.6 Å². The van der Waals surface area contributed by atoms with Crippen molar-refractivity contribution in [2.45, 2.75) is 38.5 Å².